The van der Waals surface area contributed by atoms with E-state index < -0.39 is 17.4 Å². The number of H-pyrrole nitrogens is 1. The maximum Gasteiger partial charge on any atom is 0.257 e. The van der Waals surface area contributed by atoms with Gasteiger partial charge in [-0.15, -0.1) is 0 Å². The summed E-state index contributed by atoms with van der Waals surface area (Å²) in [6, 6.07) is 12.0. The van der Waals surface area contributed by atoms with Gasteiger partial charge in [0.05, 0.1) is 18.2 Å². The predicted molar refractivity (Wildman–Crippen MR) is 115 cm³/mol. The lowest BCUT2D eigenvalue weighted by atomic mass is 10.2. The predicted octanol–water partition coefficient (Wildman–Crippen LogP) is 3.12. The normalized spacial score (nSPS) is 12.2. The molecule has 31 heavy (non-hydrogen) atoms. The second-order valence-electron chi connectivity index (χ2n) is 6.96. The van der Waals surface area contributed by atoms with Crippen molar-refractivity contribution in [2.45, 2.75) is 19.2 Å². The highest BCUT2D eigenvalue weighted by molar-refractivity contribution is 6.30. The van der Waals surface area contributed by atoms with E-state index in [4.69, 9.17) is 20.4 Å². The molecule has 4 rings (SSSR count). The summed E-state index contributed by atoms with van der Waals surface area (Å²) in [5.74, 6) is 0.468. The topological polar surface area (TPSA) is 120 Å². The SMILES string of the molecule is O=C(NCc1ccc(Cl)cc1)c1c[nH]c2oc(CNCC(O)c3ccco3)cc2c1=O. The minimum absolute atomic E-state index is 0.00462. The molecular formula is C22H20ClN3O5. The van der Waals surface area contributed by atoms with Crippen LogP contribution in [0.25, 0.3) is 11.1 Å². The number of carbonyl (C=O) groups is 1. The fourth-order valence-electron chi connectivity index (χ4n) is 3.12. The molecule has 1 atom stereocenters. The Bertz CT molecular complexity index is 1230. The van der Waals surface area contributed by atoms with Crippen LogP contribution in [0, 0.1) is 0 Å². The van der Waals surface area contributed by atoms with E-state index in [1.165, 1.54) is 12.5 Å². The molecule has 0 aliphatic heterocycles. The number of aliphatic hydroxyl groups excluding tert-OH is 1. The number of nitrogens with one attached hydrogen (secondary N) is 3. The minimum atomic E-state index is -0.794. The van der Waals surface area contributed by atoms with Crippen molar-refractivity contribution in [1.82, 2.24) is 15.6 Å². The highest BCUT2D eigenvalue weighted by Crippen LogP contribution is 2.16. The Kier molecular flexibility index (Phi) is 6.22. The molecule has 9 heteroatoms. The van der Waals surface area contributed by atoms with E-state index >= 15 is 0 Å². The summed E-state index contributed by atoms with van der Waals surface area (Å²) in [7, 11) is 0. The maximum atomic E-state index is 12.7. The van der Waals surface area contributed by atoms with Gasteiger partial charge in [-0.3, -0.25) is 9.59 Å². The molecule has 0 aliphatic rings. The first kappa shape index (κ1) is 20.9. The zero-order valence-electron chi connectivity index (χ0n) is 16.4. The molecule has 1 aromatic carbocycles. The Morgan fingerprint density at radius 2 is 2.00 bits per heavy atom. The van der Waals surface area contributed by atoms with Crippen LogP contribution in [0.4, 0.5) is 0 Å². The molecular weight excluding hydrogens is 422 g/mol. The van der Waals surface area contributed by atoms with Crippen molar-refractivity contribution in [2.75, 3.05) is 6.54 Å². The summed E-state index contributed by atoms with van der Waals surface area (Å²) in [6.07, 6.45) is 2.03. The van der Waals surface area contributed by atoms with Gasteiger partial charge in [0.25, 0.3) is 5.91 Å². The largest absolute Gasteiger partial charge is 0.467 e. The molecule has 3 aromatic heterocycles. The van der Waals surface area contributed by atoms with E-state index in [2.05, 4.69) is 15.6 Å². The molecule has 1 amide bonds. The van der Waals surface area contributed by atoms with Crippen LogP contribution in [-0.2, 0) is 13.1 Å². The van der Waals surface area contributed by atoms with Crippen LogP contribution in [-0.4, -0.2) is 22.5 Å². The second-order valence-corrected chi connectivity index (χ2v) is 7.39. The molecule has 3 heterocycles. The van der Waals surface area contributed by atoms with Crippen molar-refractivity contribution < 1.29 is 18.7 Å². The van der Waals surface area contributed by atoms with E-state index in [-0.39, 0.29) is 36.3 Å². The van der Waals surface area contributed by atoms with Gasteiger partial charge in [0.2, 0.25) is 11.1 Å². The first-order valence-electron chi connectivity index (χ1n) is 9.60. The van der Waals surface area contributed by atoms with Crippen LogP contribution in [0.1, 0.15) is 33.5 Å². The summed E-state index contributed by atoms with van der Waals surface area (Å²) in [6.45, 7) is 0.806. The molecule has 0 fully saturated rings. The number of halogens is 1. The monoisotopic (exact) mass is 441 g/mol. The van der Waals surface area contributed by atoms with E-state index in [0.717, 1.165) is 5.56 Å². The second kappa shape index (κ2) is 9.22. The molecule has 0 radical (unpaired) electrons. The highest BCUT2D eigenvalue weighted by atomic mass is 35.5. The molecule has 1 unspecified atom stereocenters. The average Bonchev–Trinajstić information content (AvgIpc) is 3.44. The fourth-order valence-corrected chi connectivity index (χ4v) is 3.24. The van der Waals surface area contributed by atoms with Gasteiger partial charge >= 0.3 is 0 Å². The number of carbonyl (C=O) groups excluding carboxylic acids is 1. The van der Waals surface area contributed by atoms with Gasteiger partial charge in [0.1, 0.15) is 23.2 Å². The summed E-state index contributed by atoms with van der Waals surface area (Å²) in [5.41, 5.74) is 0.717. The summed E-state index contributed by atoms with van der Waals surface area (Å²) in [5, 5.41) is 16.7. The number of hydrogen-bond acceptors (Lipinski definition) is 6. The van der Waals surface area contributed by atoms with Crippen LogP contribution in [0.2, 0.25) is 5.02 Å². The third-order valence-electron chi connectivity index (χ3n) is 4.74. The number of amides is 1. The molecule has 8 nitrogen and oxygen atoms in total. The Labute approximate surface area is 181 Å². The number of rotatable bonds is 8. The smallest absolute Gasteiger partial charge is 0.257 e. The number of pyridine rings is 1. The zero-order chi connectivity index (χ0) is 21.8. The third kappa shape index (κ3) is 4.88. The van der Waals surface area contributed by atoms with Gasteiger partial charge in [0, 0.05) is 24.3 Å². The number of furan rings is 2. The van der Waals surface area contributed by atoms with E-state index in [1.54, 1.807) is 42.5 Å². The number of fused-ring (bicyclic) bond motifs is 1. The van der Waals surface area contributed by atoms with Crippen LogP contribution >= 0.6 is 11.6 Å². The summed E-state index contributed by atoms with van der Waals surface area (Å²) >= 11 is 5.86. The molecule has 160 valence electrons. The first-order valence-corrected chi connectivity index (χ1v) is 9.98. The van der Waals surface area contributed by atoms with Crippen molar-refractivity contribution in [3.05, 3.63) is 92.8 Å². The average molecular weight is 442 g/mol. The van der Waals surface area contributed by atoms with Crippen LogP contribution < -0.4 is 16.1 Å². The molecule has 0 spiro atoms. The number of benzene rings is 1. The zero-order valence-corrected chi connectivity index (χ0v) is 17.1. The van der Waals surface area contributed by atoms with E-state index in [9.17, 15) is 14.7 Å². The maximum absolute atomic E-state index is 12.7. The van der Waals surface area contributed by atoms with E-state index in [1.807, 2.05) is 0 Å². The molecule has 0 saturated heterocycles. The molecule has 0 aliphatic carbocycles. The number of hydrogen-bond donors (Lipinski definition) is 4. The standard InChI is InChI=1S/C22H20ClN3O5/c23-14-5-3-13(4-6-14)9-25-21(29)17-11-26-22-16(20(17)28)8-15(31-22)10-24-12-18(27)19-2-1-7-30-19/h1-8,11,18,24,27H,9-10,12H2,(H,25,29)(H,26,28). The van der Waals surface area contributed by atoms with Gasteiger partial charge in [-0.05, 0) is 35.9 Å². The number of aromatic amines is 1. The third-order valence-corrected chi connectivity index (χ3v) is 4.99. The van der Waals surface area contributed by atoms with Crippen molar-refractivity contribution in [2.24, 2.45) is 0 Å². The van der Waals surface area contributed by atoms with Crippen LogP contribution in [0.15, 0.2) is 68.6 Å². The lowest BCUT2D eigenvalue weighted by Crippen LogP contribution is -2.28. The molecule has 0 saturated carbocycles. The van der Waals surface area contributed by atoms with Gasteiger partial charge < -0.3 is 29.6 Å². The highest BCUT2D eigenvalue weighted by Gasteiger charge is 2.16. The Morgan fingerprint density at radius 1 is 1.19 bits per heavy atom. The quantitative estimate of drug-likeness (QED) is 0.333. The van der Waals surface area contributed by atoms with Gasteiger partial charge in [-0.25, -0.2) is 0 Å². The Morgan fingerprint density at radius 3 is 2.74 bits per heavy atom. The van der Waals surface area contributed by atoms with Crippen LogP contribution in [0.5, 0.6) is 0 Å². The molecule has 4 N–H and O–H groups in total. The first-order chi connectivity index (χ1) is 15.0. The van der Waals surface area contributed by atoms with Gasteiger partial charge in [0.15, 0.2) is 0 Å². The Balaban J connectivity index is 1.40. The molecule has 4 aromatic rings. The van der Waals surface area contributed by atoms with Crippen LogP contribution in [0.3, 0.4) is 0 Å². The van der Waals surface area contributed by atoms with Gasteiger partial charge in [-0.1, -0.05) is 23.7 Å². The van der Waals surface area contributed by atoms with Gasteiger partial charge in [-0.2, -0.15) is 0 Å². The Hall–Kier alpha value is -3.33. The van der Waals surface area contributed by atoms with Crippen molar-refractivity contribution in [1.29, 1.82) is 0 Å². The van der Waals surface area contributed by atoms with Crippen molar-refractivity contribution in [3.63, 3.8) is 0 Å². The number of aromatic nitrogens is 1. The minimum Gasteiger partial charge on any atom is -0.467 e. The lowest BCUT2D eigenvalue weighted by Gasteiger charge is -2.07. The summed E-state index contributed by atoms with van der Waals surface area (Å²) in [4.78, 5) is 28.1. The molecule has 0 bridgehead atoms. The van der Waals surface area contributed by atoms with Crippen molar-refractivity contribution in [3.8, 4) is 0 Å². The summed E-state index contributed by atoms with van der Waals surface area (Å²) < 4.78 is 10.8. The fraction of sp³-hybridized carbons (Fsp3) is 0.182. The number of aliphatic hydroxyl groups is 1. The van der Waals surface area contributed by atoms with Crippen molar-refractivity contribution >= 4 is 28.6 Å². The van der Waals surface area contributed by atoms with E-state index in [0.29, 0.717) is 16.5 Å². The lowest BCUT2D eigenvalue weighted by molar-refractivity contribution is 0.0949.